The third kappa shape index (κ3) is 4.53. The second-order valence-corrected chi connectivity index (χ2v) is 6.31. The van der Waals surface area contributed by atoms with Gasteiger partial charge in [0.2, 0.25) is 5.91 Å². The van der Waals surface area contributed by atoms with Crippen molar-refractivity contribution < 1.29 is 9.53 Å². The number of nitriles is 1. The molecular formula is C23H20N2O2. The van der Waals surface area contributed by atoms with Gasteiger partial charge in [0.25, 0.3) is 0 Å². The maximum Gasteiger partial charge on any atom is 0.246 e. The first-order valence-electron chi connectivity index (χ1n) is 8.59. The lowest BCUT2D eigenvalue weighted by atomic mass is 10.1. The van der Waals surface area contributed by atoms with Crippen LogP contribution in [0.1, 0.15) is 16.7 Å². The minimum absolute atomic E-state index is 0.0748. The van der Waals surface area contributed by atoms with E-state index in [1.54, 1.807) is 43.3 Å². The van der Waals surface area contributed by atoms with E-state index in [1.807, 2.05) is 42.5 Å². The molecule has 0 aromatic heterocycles. The molecule has 4 nitrogen and oxygen atoms in total. The van der Waals surface area contributed by atoms with E-state index in [-0.39, 0.29) is 5.91 Å². The van der Waals surface area contributed by atoms with Crippen molar-refractivity contribution >= 4 is 22.8 Å². The number of nitrogens with zero attached hydrogens (tertiary/aromatic N) is 2. The van der Waals surface area contributed by atoms with Gasteiger partial charge < -0.3 is 9.64 Å². The van der Waals surface area contributed by atoms with Gasteiger partial charge in [-0.05, 0) is 58.3 Å². The van der Waals surface area contributed by atoms with Gasteiger partial charge in [-0.25, -0.2) is 0 Å². The Hall–Kier alpha value is -3.58. The molecule has 0 N–H and O–H groups in total. The fraction of sp³-hybridized carbons (Fsp3) is 0.130. The molecule has 0 saturated carbocycles. The number of hydrogen-bond acceptors (Lipinski definition) is 3. The highest BCUT2D eigenvalue weighted by molar-refractivity contribution is 5.91. The Morgan fingerprint density at radius 1 is 1.07 bits per heavy atom. The smallest absolute Gasteiger partial charge is 0.246 e. The molecule has 0 radical (unpaired) electrons. The number of carbonyl (C=O) groups is 1. The van der Waals surface area contributed by atoms with Gasteiger partial charge >= 0.3 is 0 Å². The van der Waals surface area contributed by atoms with Gasteiger partial charge in [-0.3, -0.25) is 4.79 Å². The number of methoxy groups -OCH3 is 1. The topological polar surface area (TPSA) is 53.3 Å². The molecule has 0 spiro atoms. The van der Waals surface area contributed by atoms with Gasteiger partial charge in [0, 0.05) is 19.7 Å². The molecule has 0 atom stereocenters. The molecule has 0 bridgehead atoms. The number of likely N-dealkylation sites (N-methyl/N-ethyl adjacent to an activating group) is 1. The highest BCUT2D eigenvalue weighted by atomic mass is 16.5. The van der Waals surface area contributed by atoms with Gasteiger partial charge in [-0.2, -0.15) is 5.26 Å². The summed E-state index contributed by atoms with van der Waals surface area (Å²) in [5, 5.41) is 11.0. The summed E-state index contributed by atoms with van der Waals surface area (Å²) in [6, 6.07) is 21.3. The monoisotopic (exact) mass is 356 g/mol. The summed E-state index contributed by atoms with van der Waals surface area (Å²) < 4.78 is 5.25. The van der Waals surface area contributed by atoms with Crippen molar-refractivity contribution in [3.8, 4) is 11.8 Å². The Bertz CT molecular complexity index is 1030. The lowest BCUT2D eigenvalue weighted by Gasteiger charge is -2.15. The van der Waals surface area contributed by atoms with Crippen molar-refractivity contribution in [1.82, 2.24) is 4.90 Å². The number of carbonyl (C=O) groups excluding carboxylic acids is 1. The fourth-order valence-corrected chi connectivity index (χ4v) is 2.81. The van der Waals surface area contributed by atoms with Crippen LogP contribution in [0.25, 0.3) is 16.8 Å². The molecule has 134 valence electrons. The van der Waals surface area contributed by atoms with Crippen LogP contribution in [0.5, 0.6) is 5.75 Å². The summed E-state index contributed by atoms with van der Waals surface area (Å²) in [4.78, 5) is 14.0. The van der Waals surface area contributed by atoms with E-state index in [2.05, 4.69) is 12.1 Å². The van der Waals surface area contributed by atoms with E-state index < -0.39 is 0 Å². The SMILES string of the molecule is COc1ccc2cc(CN(C)C(=O)/C=C/c3ccc(C#N)cc3)ccc2c1. The van der Waals surface area contributed by atoms with Gasteiger partial charge in [-0.15, -0.1) is 0 Å². The Labute approximate surface area is 158 Å². The average Bonchev–Trinajstić information content (AvgIpc) is 2.71. The summed E-state index contributed by atoms with van der Waals surface area (Å²) >= 11 is 0. The van der Waals surface area contributed by atoms with Crippen molar-refractivity contribution in [3.63, 3.8) is 0 Å². The second kappa shape index (κ2) is 8.20. The molecule has 0 aliphatic carbocycles. The molecule has 0 unspecified atom stereocenters. The normalized spacial score (nSPS) is 10.7. The molecule has 27 heavy (non-hydrogen) atoms. The second-order valence-electron chi connectivity index (χ2n) is 6.31. The summed E-state index contributed by atoms with van der Waals surface area (Å²) in [7, 11) is 3.44. The number of rotatable bonds is 5. The van der Waals surface area contributed by atoms with Crippen molar-refractivity contribution in [1.29, 1.82) is 5.26 Å². The number of fused-ring (bicyclic) bond motifs is 1. The summed E-state index contributed by atoms with van der Waals surface area (Å²) in [6.45, 7) is 0.526. The largest absolute Gasteiger partial charge is 0.497 e. The van der Waals surface area contributed by atoms with Crippen LogP contribution in [0.4, 0.5) is 0 Å². The predicted octanol–water partition coefficient (Wildman–Crippen LogP) is 4.39. The van der Waals surface area contributed by atoms with Crippen molar-refractivity contribution in [2.45, 2.75) is 6.54 Å². The third-order valence-electron chi connectivity index (χ3n) is 4.37. The standard InChI is InChI=1S/C23H20N2O2/c1-25(23(26)12-8-17-3-5-18(15-24)6-4-17)16-19-7-9-21-14-22(27-2)11-10-20(21)13-19/h3-14H,16H2,1-2H3/b12-8+. The number of amides is 1. The third-order valence-corrected chi connectivity index (χ3v) is 4.37. The van der Waals surface area contributed by atoms with E-state index in [1.165, 1.54) is 0 Å². The van der Waals surface area contributed by atoms with E-state index in [4.69, 9.17) is 10.00 Å². The van der Waals surface area contributed by atoms with Gasteiger partial charge in [0.15, 0.2) is 0 Å². The van der Waals surface area contributed by atoms with Gasteiger partial charge in [-0.1, -0.05) is 30.3 Å². The minimum atomic E-state index is -0.0748. The van der Waals surface area contributed by atoms with Crippen LogP contribution in [-0.4, -0.2) is 25.0 Å². The summed E-state index contributed by atoms with van der Waals surface area (Å²) in [5.74, 6) is 0.754. The minimum Gasteiger partial charge on any atom is -0.497 e. The molecule has 3 aromatic carbocycles. The maximum atomic E-state index is 12.4. The summed E-state index contributed by atoms with van der Waals surface area (Å²) in [5.41, 5.74) is 2.55. The van der Waals surface area contributed by atoms with Crippen LogP contribution in [0.2, 0.25) is 0 Å². The van der Waals surface area contributed by atoms with Crippen molar-refractivity contribution in [2.75, 3.05) is 14.2 Å². The lowest BCUT2D eigenvalue weighted by Crippen LogP contribution is -2.24. The van der Waals surface area contributed by atoms with E-state index in [0.717, 1.165) is 27.6 Å². The Morgan fingerprint density at radius 2 is 1.78 bits per heavy atom. The first kappa shape index (κ1) is 18.2. The van der Waals surface area contributed by atoms with E-state index in [9.17, 15) is 4.79 Å². The van der Waals surface area contributed by atoms with Crippen LogP contribution >= 0.6 is 0 Å². The summed E-state index contributed by atoms with van der Waals surface area (Å²) in [6.07, 6.45) is 3.31. The Kier molecular flexibility index (Phi) is 5.53. The number of ether oxygens (including phenoxy) is 1. The maximum absolute atomic E-state index is 12.4. The quantitative estimate of drug-likeness (QED) is 0.637. The highest BCUT2D eigenvalue weighted by Gasteiger charge is 2.07. The van der Waals surface area contributed by atoms with Crippen molar-refractivity contribution in [3.05, 3.63) is 83.4 Å². The van der Waals surface area contributed by atoms with Crippen LogP contribution in [-0.2, 0) is 11.3 Å². The number of benzene rings is 3. The first-order valence-corrected chi connectivity index (χ1v) is 8.59. The molecule has 0 saturated heterocycles. The average molecular weight is 356 g/mol. The fourth-order valence-electron chi connectivity index (χ4n) is 2.81. The van der Waals surface area contributed by atoms with Crippen LogP contribution in [0.15, 0.2) is 66.7 Å². The van der Waals surface area contributed by atoms with E-state index >= 15 is 0 Å². The van der Waals surface area contributed by atoms with Crippen LogP contribution in [0, 0.1) is 11.3 Å². The Balaban J connectivity index is 1.67. The first-order chi connectivity index (χ1) is 13.1. The molecule has 0 aliphatic heterocycles. The molecule has 4 heteroatoms. The molecule has 0 fully saturated rings. The molecule has 0 aliphatic rings. The van der Waals surface area contributed by atoms with Gasteiger partial charge in [0.1, 0.15) is 5.75 Å². The molecule has 1 amide bonds. The van der Waals surface area contributed by atoms with Crippen molar-refractivity contribution in [2.24, 2.45) is 0 Å². The molecular weight excluding hydrogens is 336 g/mol. The zero-order valence-electron chi connectivity index (χ0n) is 15.3. The zero-order valence-corrected chi connectivity index (χ0v) is 15.3. The number of hydrogen-bond donors (Lipinski definition) is 0. The molecule has 0 heterocycles. The molecule has 3 rings (SSSR count). The Morgan fingerprint density at radius 3 is 2.48 bits per heavy atom. The van der Waals surface area contributed by atoms with Crippen LogP contribution in [0.3, 0.4) is 0 Å². The highest BCUT2D eigenvalue weighted by Crippen LogP contribution is 2.22. The molecule has 3 aromatic rings. The van der Waals surface area contributed by atoms with Gasteiger partial charge in [0.05, 0.1) is 18.7 Å². The van der Waals surface area contributed by atoms with Crippen LogP contribution < -0.4 is 4.74 Å². The predicted molar refractivity (Wildman–Crippen MR) is 107 cm³/mol. The lowest BCUT2D eigenvalue weighted by molar-refractivity contribution is -0.125. The zero-order chi connectivity index (χ0) is 19.2. The van der Waals surface area contributed by atoms with E-state index in [0.29, 0.717) is 12.1 Å².